The number of nitrogens with one attached hydrogen (secondary N) is 1. The Kier molecular flexibility index (Phi) is 10.3. The van der Waals surface area contributed by atoms with Gasteiger partial charge >= 0.3 is 0 Å². The largest absolute Gasteiger partial charge is 0.495 e. The summed E-state index contributed by atoms with van der Waals surface area (Å²) in [5.74, 6) is -1.22. The van der Waals surface area contributed by atoms with Crippen molar-refractivity contribution < 1.29 is 27.1 Å². The Labute approximate surface area is 235 Å². The number of carbonyl (C=O) groups excluding carboxylic acids is 2. The van der Waals surface area contributed by atoms with Crippen LogP contribution in [-0.4, -0.2) is 51.4 Å². The van der Waals surface area contributed by atoms with Gasteiger partial charge in [0.25, 0.3) is 10.0 Å². The highest BCUT2D eigenvalue weighted by atomic mass is 32.2. The average Bonchev–Trinajstić information content (AvgIpc) is 2.94. The minimum atomic E-state index is -4.25. The summed E-state index contributed by atoms with van der Waals surface area (Å²) >= 11 is 0. The van der Waals surface area contributed by atoms with Crippen molar-refractivity contribution in [1.29, 1.82) is 0 Å². The lowest BCUT2D eigenvalue weighted by atomic mass is 10.1. The van der Waals surface area contributed by atoms with E-state index < -0.39 is 40.2 Å². The first-order chi connectivity index (χ1) is 18.9. The van der Waals surface area contributed by atoms with Crippen molar-refractivity contribution in [3.63, 3.8) is 0 Å². The van der Waals surface area contributed by atoms with Crippen LogP contribution in [0.25, 0.3) is 0 Å². The molecule has 3 rings (SSSR count). The molecule has 0 radical (unpaired) electrons. The normalized spacial score (nSPS) is 12.1. The number of anilines is 1. The van der Waals surface area contributed by atoms with Gasteiger partial charge in [-0.3, -0.25) is 13.9 Å². The summed E-state index contributed by atoms with van der Waals surface area (Å²) in [6.45, 7) is 6.73. The quantitative estimate of drug-likeness (QED) is 0.346. The van der Waals surface area contributed by atoms with Crippen LogP contribution in [0.5, 0.6) is 5.75 Å². The maximum atomic E-state index is 14.7. The predicted octanol–water partition coefficient (Wildman–Crippen LogP) is 4.53. The topological polar surface area (TPSA) is 96.0 Å². The molecule has 3 aromatic carbocycles. The number of aryl methyl sites for hydroxylation is 1. The molecule has 0 unspecified atom stereocenters. The minimum absolute atomic E-state index is 0.0188. The van der Waals surface area contributed by atoms with E-state index in [1.807, 2.05) is 13.8 Å². The molecule has 10 heteroatoms. The molecule has 0 saturated carbocycles. The average molecular weight is 570 g/mol. The van der Waals surface area contributed by atoms with Crippen LogP contribution in [-0.2, 0) is 26.2 Å². The van der Waals surface area contributed by atoms with E-state index in [0.717, 1.165) is 9.87 Å². The minimum Gasteiger partial charge on any atom is -0.495 e. The molecule has 0 bridgehead atoms. The zero-order chi connectivity index (χ0) is 29.4. The Bertz CT molecular complexity index is 1430. The third kappa shape index (κ3) is 7.38. The number of rotatable bonds is 12. The van der Waals surface area contributed by atoms with E-state index in [1.165, 1.54) is 49.3 Å². The Morgan fingerprint density at radius 3 is 2.25 bits per heavy atom. The molecule has 214 valence electrons. The van der Waals surface area contributed by atoms with Crippen LogP contribution in [0.1, 0.15) is 31.9 Å². The first-order valence-electron chi connectivity index (χ1n) is 13.0. The fourth-order valence-corrected chi connectivity index (χ4v) is 5.51. The van der Waals surface area contributed by atoms with Gasteiger partial charge in [-0.2, -0.15) is 0 Å². The van der Waals surface area contributed by atoms with Crippen molar-refractivity contribution in [1.82, 2.24) is 10.2 Å². The van der Waals surface area contributed by atoms with E-state index in [4.69, 9.17) is 4.74 Å². The summed E-state index contributed by atoms with van der Waals surface area (Å²) in [5.41, 5.74) is 1.12. The molecule has 2 amide bonds. The van der Waals surface area contributed by atoms with Crippen molar-refractivity contribution in [3.8, 4) is 5.75 Å². The molecule has 40 heavy (non-hydrogen) atoms. The fraction of sp³-hybridized carbons (Fsp3) is 0.333. The highest BCUT2D eigenvalue weighted by molar-refractivity contribution is 7.92. The lowest BCUT2D eigenvalue weighted by Gasteiger charge is -2.32. The van der Waals surface area contributed by atoms with E-state index in [2.05, 4.69) is 5.32 Å². The van der Waals surface area contributed by atoms with Crippen molar-refractivity contribution in [2.45, 2.75) is 45.2 Å². The van der Waals surface area contributed by atoms with Crippen molar-refractivity contribution >= 4 is 27.5 Å². The van der Waals surface area contributed by atoms with Crippen molar-refractivity contribution in [2.75, 3.05) is 24.5 Å². The molecule has 0 saturated heterocycles. The van der Waals surface area contributed by atoms with Gasteiger partial charge in [0, 0.05) is 18.7 Å². The molecule has 3 aromatic rings. The Morgan fingerprint density at radius 2 is 1.62 bits per heavy atom. The SMILES string of the molecule is COc1ccc(C)cc1N(CC(=O)N(Cc1ccccc1F)[C@H](C)C(=O)NCC(C)C)S(=O)(=O)c1ccccc1. The Balaban J connectivity index is 2.08. The molecule has 0 spiro atoms. The van der Waals surface area contributed by atoms with Crippen LogP contribution in [0.2, 0.25) is 0 Å². The van der Waals surface area contributed by atoms with Gasteiger partial charge in [-0.05, 0) is 55.7 Å². The van der Waals surface area contributed by atoms with Crippen LogP contribution in [0.3, 0.4) is 0 Å². The number of methoxy groups -OCH3 is 1. The number of amides is 2. The third-order valence-electron chi connectivity index (χ3n) is 6.36. The maximum absolute atomic E-state index is 14.7. The molecule has 8 nitrogen and oxygen atoms in total. The number of benzene rings is 3. The van der Waals surface area contributed by atoms with E-state index in [-0.39, 0.29) is 34.4 Å². The van der Waals surface area contributed by atoms with E-state index >= 15 is 0 Å². The summed E-state index contributed by atoms with van der Waals surface area (Å²) in [4.78, 5) is 28.2. The van der Waals surface area contributed by atoms with Crippen molar-refractivity contribution in [3.05, 3.63) is 89.7 Å². The summed E-state index contributed by atoms with van der Waals surface area (Å²) in [7, 11) is -2.84. The molecule has 0 aliphatic carbocycles. The third-order valence-corrected chi connectivity index (χ3v) is 8.14. The molecule has 1 N–H and O–H groups in total. The number of carbonyl (C=O) groups is 2. The number of ether oxygens (including phenoxy) is 1. The molecular formula is C30H36FN3O5S. The second-order valence-corrected chi connectivity index (χ2v) is 11.8. The standard InChI is InChI=1S/C30H36FN3O5S/c1-21(2)18-32-30(36)23(4)33(19-24-11-9-10-14-26(24)31)29(35)20-34(27-17-22(3)15-16-28(27)39-5)40(37,38)25-12-7-6-8-13-25/h6-17,21,23H,18-20H2,1-5H3,(H,32,36)/t23-/m1/s1. The number of hydrogen-bond acceptors (Lipinski definition) is 5. The number of nitrogens with zero attached hydrogens (tertiary/aromatic N) is 2. The van der Waals surface area contributed by atoms with Gasteiger partial charge in [-0.15, -0.1) is 0 Å². The van der Waals surface area contributed by atoms with Crippen LogP contribution in [0, 0.1) is 18.7 Å². The highest BCUT2D eigenvalue weighted by Crippen LogP contribution is 2.33. The molecular weight excluding hydrogens is 533 g/mol. The summed E-state index contributed by atoms with van der Waals surface area (Å²) in [6.07, 6.45) is 0. The first-order valence-corrected chi connectivity index (χ1v) is 14.4. The van der Waals surface area contributed by atoms with E-state index in [1.54, 1.807) is 49.4 Å². The molecule has 0 fully saturated rings. The monoisotopic (exact) mass is 569 g/mol. The molecule has 0 heterocycles. The van der Waals surface area contributed by atoms with Crippen LogP contribution in [0.15, 0.2) is 77.7 Å². The summed E-state index contributed by atoms with van der Waals surface area (Å²) in [5, 5.41) is 2.81. The van der Waals surface area contributed by atoms with Crippen LogP contribution in [0.4, 0.5) is 10.1 Å². The number of hydrogen-bond donors (Lipinski definition) is 1. The van der Waals surface area contributed by atoms with Gasteiger partial charge < -0.3 is 15.0 Å². The second-order valence-electron chi connectivity index (χ2n) is 9.93. The zero-order valence-electron chi connectivity index (χ0n) is 23.4. The van der Waals surface area contributed by atoms with Gasteiger partial charge in [0.05, 0.1) is 17.7 Å². The lowest BCUT2D eigenvalue weighted by molar-refractivity contribution is -0.139. The number of halogens is 1. The van der Waals surface area contributed by atoms with Gasteiger partial charge in [0.15, 0.2) is 0 Å². The van der Waals surface area contributed by atoms with Crippen LogP contribution >= 0.6 is 0 Å². The molecule has 0 aliphatic heterocycles. The molecule has 0 aromatic heterocycles. The first kappa shape index (κ1) is 30.6. The van der Waals surface area contributed by atoms with Gasteiger partial charge in [-0.25, -0.2) is 12.8 Å². The molecule has 0 aliphatic rings. The predicted molar refractivity (Wildman–Crippen MR) is 153 cm³/mol. The molecule has 1 atom stereocenters. The number of sulfonamides is 1. The highest BCUT2D eigenvalue weighted by Gasteiger charge is 2.34. The Morgan fingerprint density at radius 1 is 0.975 bits per heavy atom. The summed E-state index contributed by atoms with van der Waals surface area (Å²) < 4.78 is 48.9. The zero-order valence-corrected chi connectivity index (χ0v) is 24.2. The lowest BCUT2D eigenvalue weighted by Crippen LogP contribution is -2.51. The second kappa shape index (κ2) is 13.4. The van der Waals surface area contributed by atoms with Gasteiger partial charge in [0.1, 0.15) is 24.2 Å². The van der Waals surface area contributed by atoms with E-state index in [0.29, 0.717) is 6.54 Å². The van der Waals surface area contributed by atoms with Gasteiger partial charge in [0.2, 0.25) is 11.8 Å². The van der Waals surface area contributed by atoms with E-state index in [9.17, 15) is 22.4 Å². The fourth-order valence-electron chi connectivity index (χ4n) is 4.07. The van der Waals surface area contributed by atoms with Crippen molar-refractivity contribution in [2.24, 2.45) is 5.92 Å². The maximum Gasteiger partial charge on any atom is 0.264 e. The van der Waals surface area contributed by atoms with Crippen LogP contribution < -0.4 is 14.4 Å². The Hall–Kier alpha value is -3.92. The van der Waals surface area contributed by atoms with Gasteiger partial charge in [-0.1, -0.05) is 56.3 Å². The summed E-state index contributed by atoms with van der Waals surface area (Å²) in [6, 6.07) is 17.7. The smallest absolute Gasteiger partial charge is 0.264 e.